The second-order valence-corrected chi connectivity index (χ2v) is 5.50. The molecule has 2 aromatic carbocycles. The molecule has 0 amide bonds. The summed E-state index contributed by atoms with van der Waals surface area (Å²) in [4.78, 5) is 33.3. The minimum Gasteiger partial charge on any atom is -1.00 e. The van der Waals surface area contributed by atoms with E-state index in [1.165, 1.54) is 37.5 Å². The topological polar surface area (TPSA) is 119 Å². The van der Waals surface area contributed by atoms with Crippen LogP contribution in [0, 0.1) is 0 Å². The summed E-state index contributed by atoms with van der Waals surface area (Å²) in [6.45, 7) is -0.947. The number of methoxy groups -OCH3 is 1. The van der Waals surface area contributed by atoms with Crippen LogP contribution in [0.25, 0.3) is 6.08 Å². The van der Waals surface area contributed by atoms with Crippen molar-refractivity contribution in [1.29, 1.82) is 0 Å². The first kappa shape index (κ1) is 28.2. The van der Waals surface area contributed by atoms with Gasteiger partial charge in [0.2, 0.25) is 0 Å². The molecule has 0 atom stereocenters. The molecule has 2 rings (SSSR count). The van der Waals surface area contributed by atoms with Gasteiger partial charge in [-0.2, -0.15) is 0 Å². The molecule has 0 heterocycles. The third-order valence-electron chi connectivity index (χ3n) is 3.47. The molecule has 0 aliphatic rings. The van der Waals surface area contributed by atoms with Crippen LogP contribution in [0.5, 0.6) is 17.2 Å². The third-order valence-corrected chi connectivity index (χ3v) is 3.47. The molecule has 0 unspecified atom stereocenters. The summed E-state index contributed by atoms with van der Waals surface area (Å²) in [5.41, 5.74) is 1.07. The zero-order valence-corrected chi connectivity index (χ0v) is 21.0. The summed E-state index contributed by atoms with van der Waals surface area (Å²) in [6, 6.07) is 10.9. The molecule has 0 fully saturated rings. The molecule has 0 aliphatic carbocycles. The summed E-state index contributed by atoms with van der Waals surface area (Å²) in [6.07, 6.45) is 2.96. The van der Waals surface area contributed by atoms with E-state index < -0.39 is 25.2 Å². The van der Waals surface area contributed by atoms with E-state index in [-0.39, 0.29) is 73.5 Å². The fourth-order valence-electron chi connectivity index (χ4n) is 2.18. The Morgan fingerprint density at radius 1 is 0.900 bits per heavy atom. The van der Waals surface area contributed by atoms with Crippen molar-refractivity contribution in [2.45, 2.75) is 0 Å². The van der Waals surface area contributed by atoms with Crippen LogP contribution in [0.15, 0.2) is 48.5 Å². The Kier molecular flexibility index (Phi) is 13.4. The van der Waals surface area contributed by atoms with E-state index in [4.69, 9.17) is 24.4 Å². The van der Waals surface area contributed by atoms with Gasteiger partial charge in [-0.05, 0) is 48.0 Å². The van der Waals surface area contributed by atoms with Gasteiger partial charge in [0, 0.05) is 5.56 Å². The largest absolute Gasteiger partial charge is 1.00 e. The number of carboxylic acids is 2. The number of rotatable bonds is 10. The average Bonchev–Trinajstić information content (AvgIpc) is 2.69. The van der Waals surface area contributed by atoms with E-state index in [2.05, 4.69) is 0 Å². The van der Waals surface area contributed by atoms with Crippen LogP contribution in [0.2, 0.25) is 0 Å². The number of allylic oxidation sites excluding steroid dienone is 1. The maximum absolute atomic E-state index is 12.3. The van der Waals surface area contributed by atoms with Crippen LogP contribution in [-0.4, -0.2) is 48.3 Å². The Bertz CT molecular complexity index is 905. The summed E-state index contributed by atoms with van der Waals surface area (Å²) in [5.74, 6) is -1.46. The van der Waals surface area contributed by atoms with E-state index in [1.807, 2.05) is 0 Å². The number of aliphatic carboxylic acids is 2. The molecule has 0 radical (unpaired) electrons. The van der Waals surface area contributed by atoms with Crippen molar-refractivity contribution in [3.63, 3.8) is 0 Å². The molecule has 30 heavy (non-hydrogen) atoms. The molecule has 150 valence electrons. The van der Waals surface area contributed by atoms with Gasteiger partial charge in [0.1, 0.15) is 5.75 Å². The number of ketones is 1. The Morgan fingerprint density at radius 2 is 1.50 bits per heavy atom. The van der Waals surface area contributed by atoms with Crippen LogP contribution >= 0.6 is 0 Å². The molecule has 8 nitrogen and oxygen atoms in total. The average molecular weight is 434 g/mol. The zero-order chi connectivity index (χ0) is 20.5. The molecule has 0 saturated heterocycles. The van der Waals surface area contributed by atoms with Crippen LogP contribution in [-0.2, 0) is 9.59 Å². The number of carbonyl (C=O) groups excluding carboxylic acids is 1. The standard InChI is InChI=1S/C20H18O8.2Na.2H/c1-26-18-10-13(3-9-17(18)28-12-20(24)25)2-8-16(21)14-4-6-15(7-5-14)27-11-19(22)23;;;;/h2-10H,11-12H2,1H3,(H,22,23)(H,24,25);;;;/q;2*+1;2*-1/b8-2+;;;;. The molecule has 0 saturated carbocycles. The van der Waals surface area contributed by atoms with Crippen molar-refractivity contribution in [2.75, 3.05) is 20.3 Å². The van der Waals surface area contributed by atoms with Crippen molar-refractivity contribution in [3.8, 4) is 17.2 Å². The molecule has 0 spiro atoms. The Hall–Kier alpha value is -1.81. The van der Waals surface area contributed by atoms with E-state index in [0.717, 1.165) is 0 Å². The minimum absolute atomic E-state index is 0. The Labute approximate surface area is 220 Å². The summed E-state index contributed by atoms with van der Waals surface area (Å²) in [5, 5.41) is 17.2. The smallest absolute Gasteiger partial charge is 1.00 e. The Balaban J connectivity index is -0.00000210. The molecule has 0 bridgehead atoms. The van der Waals surface area contributed by atoms with Gasteiger partial charge in [0.15, 0.2) is 30.5 Å². The predicted molar refractivity (Wildman–Crippen MR) is 101 cm³/mol. The predicted octanol–water partition coefficient (Wildman–Crippen LogP) is -3.25. The second kappa shape index (κ2) is 14.2. The fraction of sp³-hybridized carbons (Fsp3) is 0.150. The first-order valence-corrected chi connectivity index (χ1v) is 8.08. The van der Waals surface area contributed by atoms with Crippen molar-refractivity contribution < 1.29 is 101 Å². The number of carbonyl (C=O) groups is 3. The van der Waals surface area contributed by atoms with Crippen LogP contribution in [0.3, 0.4) is 0 Å². The first-order chi connectivity index (χ1) is 13.4. The summed E-state index contributed by atoms with van der Waals surface area (Å²) >= 11 is 0. The summed E-state index contributed by atoms with van der Waals surface area (Å²) < 4.78 is 15.3. The van der Waals surface area contributed by atoms with E-state index >= 15 is 0 Å². The molecule has 2 N–H and O–H groups in total. The van der Waals surface area contributed by atoms with E-state index in [0.29, 0.717) is 22.6 Å². The van der Waals surface area contributed by atoms with Gasteiger partial charge in [-0.3, -0.25) is 4.79 Å². The van der Waals surface area contributed by atoms with Crippen LogP contribution in [0.1, 0.15) is 18.8 Å². The van der Waals surface area contributed by atoms with Crippen molar-refractivity contribution in [2.24, 2.45) is 0 Å². The quantitative estimate of drug-likeness (QED) is 0.227. The number of hydrogen-bond donors (Lipinski definition) is 2. The second-order valence-electron chi connectivity index (χ2n) is 5.50. The number of carboxylic acid groups (broad SMARTS) is 2. The van der Waals surface area contributed by atoms with E-state index in [1.54, 1.807) is 24.3 Å². The summed E-state index contributed by atoms with van der Waals surface area (Å²) in [7, 11) is 1.43. The normalized spacial score (nSPS) is 9.77. The van der Waals surface area contributed by atoms with Gasteiger partial charge >= 0.3 is 71.1 Å². The maximum Gasteiger partial charge on any atom is 1.00 e. The molecular formula is C20H20Na2O8. The van der Waals surface area contributed by atoms with Gasteiger partial charge < -0.3 is 27.3 Å². The van der Waals surface area contributed by atoms with E-state index in [9.17, 15) is 14.4 Å². The van der Waals surface area contributed by atoms with Crippen molar-refractivity contribution >= 4 is 23.8 Å². The fourth-order valence-corrected chi connectivity index (χ4v) is 2.18. The minimum atomic E-state index is -1.10. The van der Waals surface area contributed by atoms with Crippen molar-refractivity contribution in [1.82, 2.24) is 0 Å². The number of benzene rings is 2. The van der Waals surface area contributed by atoms with Gasteiger partial charge in [-0.25, -0.2) is 9.59 Å². The van der Waals surface area contributed by atoms with Crippen LogP contribution in [0.4, 0.5) is 0 Å². The molecule has 2 aromatic rings. The van der Waals surface area contributed by atoms with Gasteiger partial charge in [0.05, 0.1) is 7.11 Å². The molecule has 10 heteroatoms. The maximum atomic E-state index is 12.3. The monoisotopic (exact) mass is 434 g/mol. The molecule has 0 aromatic heterocycles. The van der Waals surface area contributed by atoms with Crippen molar-refractivity contribution in [3.05, 3.63) is 59.7 Å². The first-order valence-electron chi connectivity index (χ1n) is 8.08. The van der Waals surface area contributed by atoms with Crippen LogP contribution < -0.4 is 73.3 Å². The third kappa shape index (κ3) is 9.34. The number of ether oxygens (including phenoxy) is 3. The van der Waals surface area contributed by atoms with Gasteiger partial charge in [0.25, 0.3) is 0 Å². The zero-order valence-electron chi connectivity index (χ0n) is 19.0. The number of hydrogen-bond acceptors (Lipinski definition) is 6. The van der Waals surface area contributed by atoms with Gasteiger partial charge in [-0.15, -0.1) is 0 Å². The molecular weight excluding hydrogens is 414 g/mol. The Morgan fingerprint density at radius 3 is 2.07 bits per heavy atom. The molecule has 0 aliphatic heterocycles. The SMILES string of the molecule is COc1cc(/C=C/C(=O)c2ccc(OCC(=O)O)cc2)ccc1OCC(=O)O.[H-].[H-].[Na+].[Na+]. The van der Waals surface area contributed by atoms with Gasteiger partial charge in [-0.1, -0.05) is 12.1 Å².